The van der Waals surface area contributed by atoms with E-state index in [1.54, 1.807) is 7.11 Å². The van der Waals surface area contributed by atoms with Gasteiger partial charge in [-0.15, -0.1) is 0 Å². The molecule has 1 heterocycles. The van der Waals surface area contributed by atoms with Crippen LogP contribution in [0.2, 0.25) is 0 Å². The molecule has 1 aliphatic rings. The lowest BCUT2D eigenvalue weighted by Crippen LogP contribution is -2.42. The van der Waals surface area contributed by atoms with Crippen LogP contribution in [0.15, 0.2) is 0 Å². The second-order valence-electron chi connectivity index (χ2n) is 5.00. The highest BCUT2D eigenvalue weighted by Gasteiger charge is 2.22. The Morgan fingerprint density at radius 2 is 2.17 bits per heavy atom. The van der Waals surface area contributed by atoms with Crippen LogP contribution in [0.3, 0.4) is 0 Å². The van der Waals surface area contributed by atoms with Gasteiger partial charge in [0.15, 0.2) is 0 Å². The molecule has 4 atom stereocenters. The molecule has 0 aromatic carbocycles. The third kappa shape index (κ3) is 6.11. The maximum absolute atomic E-state index is 9.79. The first-order valence-corrected chi connectivity index (χ1v) is 6.77. The molecule has 1 rings (SSSR count). The Kier molecular flexibility index (Phi) is 7.77. The maximum atomic E-state index is 9.79. The lowest BCUT2D eigenvalue weighted by Gasteiger charge is -2.22. The van der Waals surface area contributed by atoms with Gasteiger partial charge in [0, 0.05) is 26.3 Å². The van der Waals surface area contributed by atoms with Crippen molar-refractivity contribution in [2.24, 2.45) is 0 Å². The maximum Gasteiger partial charge on any atom is 0.0897 e. The molecule has 1 saturated heterocycles. The zero-order valence-corrected chi connectivity index (χ0v) is 11.7. The summed E-state index contributed by atoms with van der Waals surface area (Å²) in [5, 5.41) is 13.1. The molecule has 0 spiro atoms. The molecule has 108 valence electrons. The third-order valence-corrected chi connectivity index (χ3v) is 3.17. The predicted octanol–water partition coefficient (Wildman–Crippen LogP) is 0.556. The van der Waals surface area contributed by atoms with Crippen molar-refractivity contribution in [3.05, 3.63) is 0 Å². The normalized spacial score (nSPS) is 25.0. The van der Waals surface area contributed by atoms with E-state index in [9.17, 15) is 5.11 Å². The van der Waals surface area contributed by atoms with Gasteiger partial charge in [-0.3, -0.25) is 0 Å². The van der Waals surface area contributed by atoms with Crippen LogP contribution in [0.5, 0.6) is 0 Å². The Bertz CT molecular complexity index is 209. The molecule has 5 nitrogen and oxygen atoms in total. The average molecular weight is 261 g/mol. The van der Waals surface area contributed by atoms with Crippen LogP contribution in [0.4, 0.5) is 0 Å². The number of nitrogens with one attached hydrogen (secondary N) is 1. The topological polar surface area (TPSA) is 60.0 Å². The first-order valence-electron chi connectivity index (χ1n) is 6.77. The molecular formula is C13H27NO4. The van der Waals surface area contributed by atoms with Gasteiger partial charge >= 0.3 is 0 Å². The van der Waals surface area contributed by atoms with Gasteiger partial charge in [0.25, 0.3) is 0 Å². The summed E-state index contributed by atoms with van der Waals surface area (Å²) in [6.45, 7) is 6.29. The minimum Gasteiger partial charge on any atom is -0.389 e. The molecule has 0 aliphatic carbocycles. The van der Waals surface area contributed by atoms with Gasteiger partial charge in [-0.05, 0) is 26.7 Å². The first-order chi connectivity index (χ1) is 8.63. The standard InChI is InChI=1S/C13H27NO4/c1-10(8-16-3)18-9-12(15)7-14-11(2)13-5-4-6-17-13/h10-15H,4-9H2,1-3H3. The minimum atomic E-state index is -0.492. The lowest BCUT2D eigenvalue weighted by atomic mass is 10.1. The number of aliphatic hydroxyl groups is 1. The van der Waals surface area contributed by atoms with Crippen LogP contribution < -0.4 is 5.32 Å². The van der Waals surface area contributed by atoms with Crippen LogP contribution in [0.1, 0.15) is 26.7 Å². The summed E-state index contributed by atoms with van der Waals surface area (Å²) in [5.41, 5.74) is 0. The van der Waals surface area contributed by atoms with E-state index in [0.29, 0.717) is 19.8 Å². The monoisotopic (exact) mass is 261 g/mol. The fourth-order valence-electron chi connectivity index (χ4n) is 2.07. The largest absolute Gasteiger partial charge is 0.389 e. The van der Waals surface area contributed by atoms with Crippen molar-refractivity contribution in [2.45, 2.75) is 51.0 Å². The predicted molar refractivity (Wildman–Crippen MR) is 69.7 cm³/mol. The highest BCUT2D eigenvalue weighted by atomic mass is 16.5. The van der Waals surface area contributed by atoms with Crippen LogP contribution in [0.25, 0.3) is 0 Å². The molecule has 2 N–H and O–H groups in total. The minimum absolute atomic E-state index is 0.0141. The molecule has 0 bridgehead atoms. The average Bonchev–Trinajstić information content (AvgIpc) is 2.87. The highest BCUT2D eigenvalue weighted by molar-refractivity contribution is 4.77. The molecule has 5 heteroatoms. The van der Waals surface area contributed by atoms with Crippen LogP contribution in [0, 0.1) is 0 Å². The lowest BCUT2D eigenvalue weighted by molar-refractivity contribution is -0.0327. The van der Waals surface area contributed by atoms with Crippen molar-refractivity contribution in [1.82, 2.24) is 5.32 Å². The van der Waals surface area contributed by atoms with Crippen LogP contribution >= 0.6 is 0 Å². The summed E-state index contributed by atoms with van der Waals surface area (Å²) < 4.78 is 16.0. The Morgan fingerprint density at radius 3 is 2.78 bits per heavy atom. The number of ether oxygens (including phenoxy) is 3. The molecule has 4 unspecified atom stereocenters. The molecule has 0 aromatic rings. The summed E-state index contributed by atoms with van der Waals surface area (Å²) in [5.74, 6) is 0. The number of aliphatic hydroxyl groups excluding tert-OH is 1. The Balaban J connectivity index is 2.06. The molecule has 18 heavy (non-hydrogen) atoms. The molecule has 0 radical (unpaired) electrons. The fraction of sp³-hybridized carbons (Fsp3) is 1.00. The summed E-state index contributed by atoms with van der Waals surface area (Å²) in [6, 6.07) is 0.276. The van der Waals surface area contributed by atoms with Crippen molar-refractivity contribution in [1.29, 1.82) is 0 Å². The molecule has 0 saturated carbocycles. The number of hydrogen-bond acceptors (Lipinski definition) is 5. The quantitative estimate of drug-likeness (QED) is 0.635. The van der Waals surface area contributed by atoms with Crippen molar-refractivity contribution >= 4 is 0 Å². The number of hydrogen-bond donors (Lipinski definition) is 2. The molecular weight excluding hydrogens is 234 g/mol. The van der Waals surface area contributed by atoms with E-state index >= 15 is 0 Å². The highest BCUT2D eigenvalue weighted by Crippen LogP contribution is 2.15. The van der Waals surface area contributed by atoms with Crippen molar-refractivity contribution in [2.75, 3.05) is 33.5 Å². The SMILES string of the molecule is COCC(C)OCC(O)CNC(C)C1CCCO1. The first kappa shape index (κ1) is 15.9. The van der Waals surface area contributed by atoms with Crippen LogP contribution in [-0.4, -0.2) is 62.9 Å². The van der Waals surface area contributed by atoms with Crippen molar-refractivity contribution < 1.29 is 19.3 Å². The van der Waals surface area contributed by atoms with Gasteiger partial charge < -0.3 is 24.6 Å². The van der Waals surface area contributed by atoms with Gasteiger partial charge in [0.1, 0.15) is 0 Å². The molecule has 1 fully saturated rings. The Hall–Kier alpha value is -0.200. The van der Waals surface area contributed by atoms with Gasteiger partial charge in [-0.1, -0.05) is 0 Å². The van der Waals surface area contributed by atoms with E-state index in [1.807, 2.05) is 6.92 Å². The second kappa shape index (κ2) is 8.82. The van der Waals surface area contributed by atoms with Gasteiger partial charge in [0.05, 0.1) is 31.5 Å². The molecule has 0 amide bonds. The number of methoxy groups -OCH3 is 1. The van der Waals surface area contributed by atoms with Crippen LogP contribution in [-0.2, 0) is 14.2 Å². The number of rotatable bonds is 9. The van der Waals surface area contributed by atoms with Gasteiger partial charge in [-0.25, -0.2) is 0 Å². The van der Waals surface area contributed by atoms with E-state index in [2.05, 4.69) is 12.2 Å². The van der Waals surface area contributed by atoms with Crippen molar-refractivity contribution in [3.8, 4) is 0 Å². The summed E-state index contributed by atoms with van der Waals surface area (Å²) in [7, 11) is 1.64. The summed E-state index contributed by atoms with van der Waals surface area (Å²) in [6.07, 6.45) is 2.04. The zero-order chi connectivity index (χ0) is 13.4. The second-order valence-corrected chi connectivity index (χ2v) is 5.00. The Labute approximate surface area is 110 Å². The van der Waals surface area contributed by atoms with E-state index < -0.39 is 6.10 Å². The smallest absolute Gasteiger partial charge is 0.0897 e. The van der Waals surface area contributed by atoms with Gasteiger partial charge in [-0.2, -0.15) is 0 Å². The summed E-state index contributed by atoms with van der Waals surface area (Å²) in [4.78, 5) is 0. The molecule has 0 aromatic heterocycles. The zero-order valence-electron chi connectivity index (χ0n) is 11.7. The van der Waals surface area contributed by atoms with Crippen molar-refractivity contribution in [3.63, 3.8) is 0 Å². The van der Waals surface area contributed by atoms with Gasteiger partial charge in [0.2, 0.25) is 0 Å². The summed E-state index contributed by atoms with van der Waals surface area (Å²) >= 11 is 0. The third-order valence-electron chi connectivity index (χ3n) is 3.17. The van der Waals surface area contributed by atoms with E-state index in [1.165, 1.54) is 0 Å². The molecule has 1 aliphatic heterocycles. The van der Waals surface area contributed by atoms with E-state index in [4.69, 9.17) is 14.2 Å². The van der Waals surface area contributed by atoms with E-state index in [0.717, 1.165) is 19.4 Å². The fourth-order valence-corrected chi connectivity index (χ4v) is 2.07. The Morgan fingerprint density at radius 1 is 1.39 bits per heavy atom. The van der Waals surface area contributed by atoms with E-state index in [-0.39, 0.29) is 18.2 Å².